The quantitative estimate of drug-likeness (QED) is 0.823. The first-order valence-corrected chi connectivity index (χ1v) is 5.50. The standard InChI is InChI=1S/C11H9F5N2O2/c12-5-1-6(13)9(7(14)2-5)18-10(19)20-8-3-17-4-11(8,15)16/h1-2,8,17H,3-4H2,(H,18,19)/t8-/m0/s1. The lowest BCUT2D eigenvalue weighted by molar-refractivity contribution is -0.0738. The smallest absolute Gasteiger partial charge is 0.412 e. The fraction of sp³-hybridized carbons (Fsp3) is 0.364. The lowest BCUT2D eigenvalue weighted by Crippen LogP contribution is -2.37. The summed E-state index contributed by atoms with van der Waals surface area (Å²) < 4.78 is 69.8. The first kappa shape index (κ1) is 14.5. The zero-order chi connectivity index (χ0) is 14.9. The van der Waals surface area contributed by atoms with Crippen LogP contribution in [0.25, 0.3) is 0 Å². The predicted octanol–water partition coefficient (Wildman–Crippen LogP) is 2.26. The summed E-state index contributed by atoms with van der Waals surface area (Å²) in [5.41, 5.74) is -0.967. The number of alkyl halides is 2. The molecular formula is C11H9F5N2O2. The van der Waals surface area contributed by atoms with E-state index < -0.39 is 47.8 Å². The highest BCUT2D eigenvalue weighted by atomic mass is 19.3. The molecule has 0 spiro atoms. The van der Waals surface area contributed by atoms with E-state index in [-0.39, 0.29) is 6.54 Å². The molecule has 9 heteroatoms. The summed E-state index contributed by atoms with van der Waals surface area (Å²) in [6.45, 7) is -0.945. The maximum atomic E-state index is 13.2. The van der Waals surface area contributed by atoms with Gasteiger partial charge in [0.25, 0.3) is 5.92 Å². The normalized spacial score (nSPS) is 20.8. The van der Waals surface area contributed by atoms with Gasteiger partial charge >= 0.3 is 6.09 Å². The minimum absolute atomic E-state index is 0.283. The average molecular weight is 296 g/mol. The third-order valence-corrected chi connectivity index (χ3v) is 2.64. The van der Waals surface area contributed by atoms with Crippen LogP contribution >= 0.6 is 0 Å². The Bertz CT molecular complexity index is 515. The second kappa shape index (κ2) is 5.23. The van der Waals surface area contributed by atoms with Gasteiger partial charge in [0.05, 0.1) is 6.54 Å². The third-order valence-electron chi connectivity index (χ3n) is 2.64. The number of carbonyl (C=O) groups excluding carboxylic acids is 1. The van der Waals surface area contributed by atoms with E-state index in [0.717, 1.165) is 0 Å². The van der Waals surface area contributed by atoms with Crippen molar-refractivity contribution >= 4 is 11.8 Å². The fourth-order valence-electron chi connectivity index (χ4n) is 1.68. The third kappa shape index (κ3) is 2.98. The summed E-state index contributed by atoms with van der Waals surface area (Å²) >= 11 is 0. The number of amides is 1. The van der Waals surface area contributed by atoms with Gasteiger partial charge in [-0.2, -0.15) is 0 Å². The van der Waals surface area contributed by atoms with E-state index in [9.17, 15) is 26.7 Å². The molecule has 110 valence electrons. The maximum absolute atomic E-state index is 13.2. The molecule has 1 aromatic rings. The van der Waals surface area contributed by atoms with E-state index in [2.05, 4.69) is 10.1 Å². The van der Waals surface area contributed by atoms with Crippen LogP contribution in [0.1, 0.15) is 0 Å². The monoisotopic (exact) mass is 296 g/mol. The number of rotatable bonds is 2. The Morgan fingerprint density at radius 1 is 1.30 bits per heavy atom. The van der Waals surface area contributed by atoms with Crippen LogP contribution in [0.2, 0.25) is 0 Å². The Labute approximate surface area is 109 Å². The summed E-state index contributed by atoms with van der Waals surface area (Å²) in [6.07, 6.45) is -3.20. The first-order chi connectivity index (χ1) is 9.29. The maximum Gasteiger partial charge on any atom is 0.412 e. The Morgan fingerprint density at radius 2 is 1.90 bits per heavy atom. The highest BCUT2D eigenvalue weighted by molar-refractivity contribution is 5.85. The minimum atomic E-state index is -3.27. The first-order valence-electron chi connectivity index (χ1n) is 5.50. The highest BCUT2D eigenvalue weighted by Crippen LogP contribution is 2.26. The molecule has 1 amide bonds. The molecule has 0 bridgehead atoms. The van der Waals surface area contributed by atoms with Gasteiger partial charge in [-0.25, -0.2) is 26.7 Å². The van der Waals surface area contributed by atoms with Crippen LogP contribution in [0.4, 0.5) is 32.4 Å². The van der Waals surface area contributed by atoms with Crippen molar-refractivity contribution in [2.45, 2.75) is 12.0 Å². The molecule has 0 saturated carbocycles. The minimum Gasteiger partial charge on any atom is -0.438 e. The van der Waals surface area contributed by atoms with Crippen LogP contribution in [-0.2, 0) is 4.74 Å². The lowest BCUT2D eigenvalue weighted by Gasteiger charge is -2.18. The van der Waals surface area contributed by atoms with Crippen molar-refractivity contribution in [2.24, 2.45) is 0 Å². The van der Waals surface area contributed by atoms with Gasteiger partial charge in [0.2, 0.25) is 0 Å². The zero-order valence-corrected chi connectivity index (χ0v) is 9.85. The number of hydrogen-bond donors (Lipinski definition) is 2. The Kier molecular flexibility index (Phi) is 3.80. The molecule has 0 aliphatic carbocycles. The molecular weight excluding hydrogens is 287 g/mol. The summed E-state index contributed by atoms with van der Waals surface area (Å²) in [4.78, 5) is 11.3. The second-order valence-corrected chi connectivity index (χ2v) is 4.16. The van der Waals surface area contributed by atoms with Gasteiger partial charge < -0.3 is 10.1 Å². The Hall–Kier alpha value is -1.90. The number of anilines is 1. The van der Waals surface area contributed by atoms with Crippen molar-refractivity contribution in [1.82, 2.24) is 5.32 Å². The lowest BCUT2D eigenvalue weighted by atomic mass is 10.2. The Balaban J connectivity index is 2.06. The van der Waals surface area contributed by atoms with E-state index in [1.54, 1.807) is 5.32 Å². The molecule has 1 saturated heterocycles. The number of nitrogens with one attached hydrogen (secondary N) is 2. The van der Waals surface area contributed by atoms with Crippen molar-refractivity contribution < 1.29 is 31.5 Å². The van der Waals surface area contributed by atoms with E-state index in [1.165, 1.54) is 0 Å². The summed E-state index contributed by atoms with van der Waals surface area (Å²) in [5.74, 6) is -7.20. The molecule has 1 fully saturated rings. The van der Waals surface area contributed by atoms with Crippen LogP contribution in [0.5, 0.6) is 0 Å². The van der Waals surface area contributed by atoms with Gasteiger partial charge in [-0.3, -0.25) is 5.32 Å². The van der Waals surface area contributed by atoms with Crippen LogP contribution < -0.4 is 10.6 Å². The Morgan fingerprint density at radius 3 is 2.40 bits per heavy atom. The van der Waals surface area contributed by atoms with Crippen LogP contribution in [0.3, 0.4) is 0 Å². The van der Waals surface area contributed by atoms with Crippen LogP contribution in [0.15, 0.2) is 12.1 Å². The topological polar surface area (TPSA) is 50.4 Å². The van der Waals surface area contributed by atoms with Crippen LogP contribution in [-0.4, -0.2) is 31.2 Å². The molecule has 0 unspecified atom stereocenters. The van der Waals surface area contributed by atoms with Gasteiger partial charge in [-0.05, 0) is 0 Å². The molecule has 1 atom stereocenters. The van der Waals surface area contributed by atoms with E-state index in [4.69, 9.17) is 0 Å². The number of ether oxygens (including phenoxy) is 1. The SMILES string of the molecule is O=C(Nc1c(F)cc(F)cc1F)O[C@H]1CNCC1(F)F. The molecule has 1 aliphatic heterocycles. The molecule has 4 nitrogen and oxygen atoms in total. The summed E-state index contributed by atoms with van der Waals surface area (Å²) in [7, 11) is 0. The molecule has 1 aliphatic rings. The van der Waals surface area contributed by atoms with Gasteiger partial charge in [0.1, 0.15) is 11.5 Å². The summed E-state index contributed by atoms with van der Waals surface area (Å²) in [6, 6.07) is 0.675. The molecule has 0 radical (unpaired) electrons. The highest BCUT2D eigenvalue weighted by Gasteiger charge is 2.46. The van der Waals surface area contributed by atoms with Gasteiger partial charge in [-0.1, -0.05) is 0 Å². The zero-order valence-electron chi connectivity index (χ0n) is 9.85. The van der Waals surface area contributed by atoms with Crippen molar-refractivity contribution in [3.8, 4) is 0 Å². The number of halogens is 5. The average Bonchev–Trinajstić information content (AvgIpc) is 2.63. The van der Waals surface area contributed by atoms with Gasteiger partial charge in [0, 0.05) is 18.7 Å². The predicted molar refractivity (Wildman–Crippen MR) is 58.0 cm³/mol. The second-order valence-electron chi connectivity index (χ2n) is 4.16. The van der Waals surface area contributed by atoms with Crippen molar-refractivity contribution in [3.05, 3.63) is 29.6 Å². The molecule has 1 aromatic carbocycles. The van der Waals surface area contributed by atoms with Gasteiger partial charge in [0.15, 0.2) is 17.7 Å². The molecule has 1 heterocycles. The molecule has 20 heavy (non-hydrogen) atoms. The molecule has 2 N–H and O–H groups in total. The van der Waals surface area contributed by atoms with E-state index in [0.29, 0.717) is 12.1 Å². The van der Waals surface area contributed by atoms with Crippen molar-refractivity contribution in [3.63, 3.8) is 0 Å². The number of carbonyl (C=O) groups is 1. The van der Waals surface area contributed by atoms with Crippen molar-refractivity contribution in [1.29, 1.82) is 0 Å². The fourth-order valence-corrected chi connectivity index (χ4v) is 1.68. The van der Waals surface area contributed by atoms with E-state index >= 15 is 0 Å². The molecule has 2 rings (SSSR count). The van der Waals surface area contributed by atoms with Crippen molar-refractivity contribution in [2.75, 3.05) is 18.4 Å². The molecule has 0 aromatic heterocycles. The largest absolute Gasteiger partial charge is 0.438 e. The van der Waals surface area contributed by atoms with Gasteiger partial charge in [-0.15, -0.1) is 0 Å². The van der Waals surface area contributed by atoms with Crippen LogP contribution in [0, 0.1) is 17.5 Å². The number of hydrogen-bond acceptors (Lipinski definition) is 3. The number of benzene rings is 1. The van der Waals surface area contributed by atoms with E-state index in [1.807, 2.05) is 0 Å². The summed E-state index contributed by atoms with van der Waals surface area (Å²) in [5, 5.41) is 3.94.